The molecule has 0 saturated heterocycles. The molecule has 0 aliphatic carbocycles. The molecule has 2 aromatic carbocycles. The molecule has 3 aromatic rings. The Morgan fingerprint density at radius 3 is 2.56 bits per heavy atom. The summed E-state index contributed by atoms with van der Waals surface area (Å²) in [7, 11) is 3.31. The van der Waals surface area contributed by atoms with Gasteiger partial charge in [0.1, 0.15) is 5.01 Å². The SMILES string of the molecule is COc1ccc(CCNCc2ncc(-c3ccccc3)s2)cc1OC. The van der Waals surface area contributed by atoms with Gasteiger partial charge >= 0.3 is 0 Å². The molecule has 1 N–H and O–H groups in total. The van der Waals surface area contributed by atoms with Crippen molar-refractivity contribution >= 4 is 11.3 Å². The van der Waals surface area contributed by atoms with Gasteiger partial charge in [0.05, 0.1) is 19.1 Å². The van der Waals surface area contributed by atoms with Crippen LogP contribution in [0.1, 0.15) is 10.6 Å². The number of benzene rings is 2. The molecule has 1 aromatic heterocycles. The maximum Gasteiger partial charge on any atom is 0.160 e. The molecule has 0 spiro atoms. The fraction of sp³-hybridized carbons (Fsp3) is 0.250. The largest absolute Gasteiger partial charge is 0.493 e. The van der Waals surface area contributed by atoms with Crippen molar-refractivity contribution in [3.05, 3.63) is 65.3 Å². The molecule has 0 aliphatic heterocycles. The van der Waals surface area contributed by atoms with Crippen LogP contribution in [0.3, 0.4) is 0 Å². The third kappa shape index (κ3) is 4.59. The van der Waals surface area contributed by atoms with E-state index < -0.39 is 0 Å². The summed E-state index contributed by atoms with van der Waals surface area (Å²) in [5, 5.41) is 4.56. The van der Waals surface area contributed by atoms with E-state index in [-0.39, 0.29) is 0 Å². The highest BCUT2D eigenvalue weighted by molar-refractivity contribution is 7.15. The molecular weight excluding hydrogens is 332 g/mol. The van der Waals surface area contributed by atoms with Gasteiger partial charge in [-0.1, -0.05) is 36.4 Å². The smallest absolute Gasteiger partial charge is 0.160 e. The summed E-state index contributed by atoms with van der Waals surface area (Å²) in [5.74, 6) is 1.53. The first-order valence-electron chi connectivity index (χ1n) is 8.22. The molecule has 0 amide bonds. The van der Waals surface area contributed by atoms with Gasteiger partial charge < -0.3 is 14.8 Å². The molecule has 1 heterocycles. The van der Waals surface area contributed by atoms with Crippen LogP contribution >= 0.6 is 11.3 Å². The number of hydrogen-bond donors (Lipinski definition) is 1. The Kier molecular flexibility index (Phi) is 6.04. The van der Waals surface area contributed by atoms with Crippen LogP contribution in [-0.2, 0) is 13.0 Å². The van der Waals surface area contributed by atoms with Crippen LogP contribution in [0.2, 0.25) is 0 Å². The zero-order valence-electron chi connectivity index (χ0n) is 14.5. The first-order chi connectivity index (χ1) is 12.3. The van der Waals surface area contributed by atoms with Crippen LogP contribution in [0.4, 0.5) is 0 Å². The molecule has 25 heavy (non-hydrogen) atoms. The zero-order chi connectivity index (χ0) is 17.5. The van der Waals surface area contributed by atoms with Crippen molar-refractivity contribution in [2.75, 3.05) is 20.8 Å². The van der Waals surface area contributed by atoms with Crippen LogP contribution in [-0.4, -0.2) is 25.7 Å². The molecule has 0 bridgehead atoms. The normalized spacial score (nSPS) is 10.6. The van der Waals surface area contributed by atoms with Gasteiger partial charge in [-0.25, -0.2) is 4.98 Å². The second kappa shape index (κ2) is 8.65. The quantitative estimate of drug-likeness (QED) is 0.617. The molecule has 0 fully saturated rings. The Hall–Kier alpha value is -2.37. The van der Waals surface area contributed by atoms with Crippen molar-refractivity contribution in [3.63, 3.8) is 0 Å². The first kappa shape index (κ1) is 17.5. The second-order valence-electron chi connectivity index (χ2n) is 5.60. The molecule has 5 heteroatoms. The van der Waals surface area contributed by atoms with Gasteiger partial charge in [-0.05, 0) is 36.2 Å². The van der Waals surface area contributed by atoms with Gasteiger partial charge in [-0.15, -0.1) is 11.3 Å². The summed E-state index contributed by atoms with van der Waals surface area (Å²) >= 11 is 1.73. The Labute approximate surface area is 152 Å². The molecule has 0 saturated carbocycles. The highest BCUT2D eigenvalue weighted by Gasteiger charge is 2.06. The third-order valence-corrected chi connectivity index (χ3v) is 4.97. The van der Waals surface area contributed by atoms with E-state index in [0.29, 0.717) is 0 Å². The lowest BCUT2D eigenvalue weighted by Gasteiger charge is -2.09. The number of hydrogen-bond acceptors (Lipinski definition) is 5. The summed E-state index contributed by atoms with van der Waals surface area (Å²) in [6.07, 6.45) is 2.88. The molecule has 130 valence electrons. The lowest BCUT2D eigenvalue weighted by molar-refractivity contribution is 0.354. The lowest BCUT2D eigenvalue weighted by Crippen LogP contribution is -2.16. The Morgan fingerprint density at radius 2 is 1.80 bits per heavy atom. The van der Waals surface area contributed by atoms with Gasteiger partial charge in [-0.3, -0.25) is 0 Å². The predicted molar refractivity (Wildman–Crippen MR) is 103 cm³/mol. The minimum absolute atomic E-state index is 0.760. The third-order valence-electron chi connectivity index (χ3n) is 3.93. The minimum atomic E-state index is 0.760. The van der Waals surface area contributed by atoms with Crippen molar-refractivity contribution in [1.29, 1.82) is 0 Å². The Balaban J connectivity index is 1.50. The highest BCUT2D eigenvalue weighted by Crippen LogP contribution is 2.28. The fourth-order valence-corrected chi connectivity index (χ4v) is 3.48. The topological polar surface area (TPSA) is 43.4 Å². The van der Waals surface area contributed by atoms with Crippen LogP contribution in [0.25, 0.3) is 10.4 Å². The predicted octanol–water partition coefficient (Wildman–Crippen LogP) is 4.16. The molecule has 0 aliphatic rings. The van der Waals surface area contributed by atoms with Gasteiger partial charge in [0.2, 0.25) is 0 Å². The van der Waals surface area contributed by atoms with E-state index in [1.54, 1.807) is 25.6 Å². The number of ether oxygens (including phenoxy) is 2. The van der Waals surface area contributed by atoms with Crippen molar-refractivity contribution in [2.24, 2.45) is 0 Å². The first-order valence-corrected chi connectivity index (χ1v) is 9.03. The van der Waals surface area contributed by atoms with Gasteiger partial charge in [-0.2, -0.15) is 0 Å². The number of nitrogens with one attached hydrogen (secondary N) is 1. The number of methoxy groups -OCH3 is 2. The fourth-order valence-electron chi connectivity index (χ4n) is 2.59. The average molecular weight is 354 g/mol. The standard InChI is InChI=1S/C20H22N2O2S/c1-23-17-9-8-15(12-18(17)24-2)10-11-21-14-20-22-13-19(25-20)16-6-4-3-5-7-16/h3-9,12-13,21H,10-11,14H2,1-2H3. The van der Waals surface area contributed by atoms with Crippen LogP contribution in [0, 0.1) is 0 Å². The van der Waals surface area contributed by atoms with E-state index >= 15 is 0 Å². The molecule has 0 radical (unpaired) electrons. The highest BCUT2D eigenvalue weighted by atomic mass is 32.1. The summed E-state index contributed by atoms with van der Waals surface area (Å²) in [4.78, 5) is 5.71. The zero-order valence-corrected chi connectivity index (χ0v) is 15.3. The molecule has 4 nitrogen and oxygen atoms in total. The molecular formula is C20H22N2O2S. The summed E-state index contributed by atoms with van der Waals surface area (Å²) in [5.41, 5.74) is 2.44. The van der Waals surface area contributed by atoms with Crippen molar-refractivity contribution in [1.82, 2.24) is 10.3 Å². The minimum Gasteiger partial charge on any atom is -0.493 e. The lowest BCUT2D eigenvalue weighted by atomic mass is 10.1. The molecule has 0 unspecified atom stereocenters. The number of aromatic nitrogens is 1. The number of thiazole rings is 1. The summed E-state index contributed by atoms with van der Waals surface area (Å²) in [6.45, 7) is 1.67. The van der Waals surface area contributed by atoms with E-state index in [1.165, 1.54) is 16.0 Å². The van der Waals surface area contributed by atoms with Gasteiger partial charge in [0, 0.05) is 12.7 Å². The van der Waals surface area contributed by atoms with Crippen molar-refractivity contribution in [3.8, 4) is 21.9 Å². The van der Waals surface area contributed by atoms with Crippen molar-refractivity contribution < 1.29 is 9.47 Å². The average Bonchev–Trinajstić information content (AvgIpc) is 3.14. The molecule has 3 rings (SSSR count). The number of nitrogens with zero attached hydrogens (tertiary/aromatic N) is 1. The van der Waals surface area contributed by atoms with Gasteiger partial charge in [0.15, 0.2) is 11.5 Å². The Morgan fingerprint density at radius 1 is 1.00 bits per heavy atom. The van der Waals surface area contributed by atoms with Crippen LogP contribution in [0.15, 0.2) is 54.7 Å². The van der Waals surface area contributed by atoms with E-state index in [9.17, 15) is 0 Å². The van der Waals surface area contributed by atoms with Crippen LogP contribution < -0.4 is 14.8 Å². The van der Waals surface area contributed by atoms with E-state index in [1.807, 2.05) is 24.4 Å². The second-order valence-corrected chi connectivity index (χ2v) is 6.72. The number of rotatable bonds is 8. The van der Waals surface area contributed by atoms with Gasteiger partial charge in [0.25, 0.3) is 0 Å². The Bertz CT molecular complexity index is 802. The summed E-state index contributed by atoms with van der Waals surface area (Å²) < 4.78 is 10.6. The monoisotopic (exact) mass is 354 g/mol. The van der Waals surface area contributed by atoms with E-state index in [4.69, 9.17) is 9.47 Å². The van der Waals surface area contributed by atoms with E-state index in [0.717, 1.165) is 36.0 Å². The van der Waals surface area contributed by atoms with Crippen molar-refractivity contribution in [2.45, 2.75) is 13.0 Å². The van der Waals surface area contributed by atoms with E-state index in [2.05, 4.69) is 40.6 Å². The summed E-state index contributed by atoms with van der Waals surface area (Å²) in [6, 6.07) is 16.4. The maximum absolute atomic E-state index is 5.34. The maximum atomic E-state index is 5.34. The van der Waals surface area contributed by atoms with Crippen LogP contribution in [0.5, 0.6) is 11.5 Å². The molecule has 0 atom stereocenters.